The van der Waals surface area contributed by atoms with Crippen molar-refractivity contribution in [3.63, 3.8) is 0 Å². The number of aryl methyl sites for hydroxylation is 1. The fourth-order valence-corrected chi connectivity index (χ4v) is 2.55. The Hall–Kier alpha value is -3.26. The summed E-state index contributed by atoms with van der Waals surface area (Å²) in [7, 11) is 0. The second-order valence-corrected chi connectivity index (χ2v) is 6.15. The molecule has 0 unspecified atom stereocenters. The first-order valence-electron chi connectivity index (χ1n) is 7.95. The predicted octanol–water partition coefficient (Wildman–Crippen LogP) is 4.84. The average molecular weight is 388 g/mol. The zero-order valence-electron chi connectivity index (χ0n) is 14.2. The van der Waals surface area contributed by atoms with Crippen LogP contribution in [0.5, 0.6) is 0 Å². The van der Waals surface area contributed by atoms with Crippen molar-refractivity contribution in [2.45, 2.75) is 13.5 Å². The standard InChI is InChI=1S/C18H15ClFN5O2/c1-11-2-7-14(8-15(11)19)24-18-16(25(26)27)17(22-10-23-18)21-9-12-3-5-13(20)6-4-12/h2-8,10H,9H2,1H3,(H2,21,22,23,24). The molecule has 2 N–H and O–H groups in total. The van der Waals surface area contributed by atoms with E-state index in [9.17, 15) is 14.5 Å². The summed E-state index contributed by atoms with van der Waals surface area (Å²) in [5.74, 6) is -0.258. The van der Waals surface area contributed by atoms with E-state index in [1.165, 1.54) is 18.5 Å². The second kappa shape index (κ2) is 7.96. The van der Waals surface area contributed by atoms with Gasteiger partial charge in [-0.2, -0.15) is 0 Å². The van der Waals surface area contributed by atoms with Crippen LogP contribution in [0, 0.1) is 22.9 Å². The van der Waals surface area contributed by atoms with E-state index in [0.29, 0.717) is 10.7 Å². The molecule has 138 valence electrons. The highest BCUT2D eigenvalue weighted by molar-refractivity contribution is 6.31. The summed E-state index contributed by atoms with van der Waals surface area (Å²) in [6.45, 7) is 2.10. The summed E-state index contributed by atoms with van der Waals surface area (Å²) in [5.41, 5.74) is 1.92. The van der Waals surface area contributed by atoms with E-state index < -0.39 is 4.92 Å². The lowest BCUT2D eigenvalue weighted by Crippen LogP contribution is -2.08. The predicted molar refractivity (Wildman–Crippen MR) is 102 cm³/mol. The summed E-state index contributed by atoms with van der Waals surface area (Å²) in [4.78, 5) is 19.0. The van der Waals surface area contributed by atoms with Gasteiger partial charge in [-0.3, -0.25) is 10.1 Å². The topological polar surface area (TPSA) is 93.0 Å². The first-order chi connectivity index (χ1) is 12.9. The summed E-state index contributed by atoms with van der Waals surface area (Å²) in [6.07, 6.45) is 1.22. The molecule has 0 spiro atoms. The number of nitro groups is 1. The molecule has 0 aliphatic rings. The van der Waals surface area contributed by atoms with Crippen molar-refractivity contribution < 1.29 is 9.31 Å². The molecule has 3 aromatic rings. The zero-order valence-corrected chi connectivity index (χ0v) is 15.0. The highest BCUT2D eigenvalue weighted by Crippen LogP contribution is 2.32. The van der Waals surface area contributed by atoms with Crippen molar-refractivity contribution in [2.24, 2.45) is 0 Å². The number of hydrogen-bond acceptors (Lipinski definition) is 6. The van der Waals surface area contributed by atoms with Crippen LogP contribution in [-0.4, -0.2) is 14.9 Å². The number of benzene rings is 2. The number of nitrogens with zero attached hydrogens (tertiary/aromatic N) is 3. The largest absolute Gasteiger partial charge is 0.360 e. The van der Waals surface area contributed by atoms with E-state index in [2.05, 4.69) is 20.6 Å². The van der Waals surface area contributed by atoms with Crippen molar-refractivity contribution in [1.82, 2.24) is 9.97 Å². The molecule has 9 heteroatoms. The van der Waals surface area contributed by atoms with E-state index in [0.717, 1.165) is 11.1 Å². The zero-order chi connectivity index (χ0) is 19.4. The minimum Gasteiger partial charge on any atom is -0.360 e. The quantitative estimate of drug-likeness (QED) is 0.464. The van der Waals surface area contributed by atoms with Crippen LogP contribution in [0.4, 0.5) is 27.4 Å². The third-order valence-electron chi connectivity index (χ3n) is 3.81. The molecule has 0 saturated heterocycles. The third kappa shape index (κ3) is 4.48. The minimum atomic E-state index is -0.564. The Morgan fingerprint density at radius 1 is 1.15 bits per heavy atom. The maximum atomic E-state index is 13.0. The molecule has 0 aliphatic carbocycles. The van der Waals surface area contributed by atoms with Gasteiger partial charge in [0.1, 0.15) is 12.1 Å². The Morgan fingerprint density at radius 3 is 2.52 bits per heavy atom. The van der Waals surface area contributed by atoms with Gasteiger partial charge in [0.05, 0.1) is 4.92 Å². The maximum absolute atomic E-state index is 13.0. The van der Waals surface area contributed by atoms with Crippen LogP contribution < -0.4 is 10.6 Å². The number of hydrogen-bond donors (Lipinski definition) is 2. The molecular weight excluding hydrogens is 373 g/mol. The molecule has 1 heterocycles. The van der Waals surface area contributed by atoms with Crippen LogP contribution in [-0.2, 0) is 6.54 Å². The Kier molecular flexibility index (Phi) is 5.46. The van der Waals surface area contributed by atoms with Crippen molar-refractivity contribution >= 4 is 34.6 Å². The second-order valence-electron chi connectivity index (χ2n) is 5.75. The third-order valence-corrected chi connectivity index (χ3v) is 4.22. The molecule has 0 fully saturated rings. The molecular formula is C18H15ClFN5O2. The molecule has 3 rings (SSSR count). The van der Waals surface area contributed by atoms with Gasteiger partial charge in [-0.05, 0) is 42.3 Å². The first kappa shape index (κ1) is 18.5. The number of nitrogens with one attached hydrogen (secondary N) is 2. The van der Waals surface area contributed by atoms with Gasteiger partial charge < -0.3 is 10.6 Å². The molecule has 7 nitrogen and oxygen atoms in total. The van der Waals surface area contributed by atoms with Crippen molar-refractivity contribution in [3.8, 4) is 0 Å². The van der Waals surface area contributed by atoms with Gasteiger partial charge in [-0.1, -0.05) is 29.8 Å². The molecule has 1 aromatic heterocycles. The Labute approximate surface area is 159 Å². The van der Waals surface area contributed by atoms with Gasteiger partial charge in [-0.25, -0.2) is 14.4 Å². The molecule has 2 aromatic carbocycles. The minimum absolute atomic E-state index is 0.0384. The van der Waals surface area contributed by atoms with Gasteiger partial charge in [0, 0.05) is 17.3 Å². The number of rotatable bonds is 6. The highest BCUT2D eigenvalue weighted by atomic mass is 35.5. The molecule has 0 radical (unpaired) electrons. The van der Waals surface area contributed by atoms with E-state index in [-0.39, 0.29) is 29.7 Å². The Morgan fingerprint density at radius 2 is 1.85 bits per heavy atom. The van der Waals surface area contributed by atoms with Crippen LogP contribution in [0.1, 0.15) is 11.1 Å². The van der Waals surface area contributed by atoms with Gasteiger partial charge in [0.25, 0.3) is 0 Å². The SMILES string of the molecule is Cc1ccc(Nc2ncnc(NCc3ccc(F)cc3)c2[N+](=O)[O-])cc1Cl. The van der Waals surface area contributed by atoms with Crippen LogP contribution in [0.3, 0.4) is 0 Å². The summed E-state index contributed by atoms with van der Waals surface area (Å²) in [6, 6.07) is 11.0. The number of halogens is 2. The fourth-order valence-electron chi connectivity index (χ4n) is 2.37. The van der Waals surface area contributed by atoms with Gasteiger partial charge in [0.15, 0.2) is 0 Å². The normalized spacial score (nSPS) is 10.5. The van der Waals surface area contributed by atoms with Crippen molar-refractivity contribution in [2.75, 3.05) is 10.6 Å². The van der Waals surface area contributed by atoms with Crippen LogP contribution >= 0.6 is 11.6 Å². The van der Waals surface area contributed by atoms with Gasteiger partial charge in [0.2, 0.25) is 11.6 Å². The lowest BCUT2D eigenvalue weighted by Gasteiger charge is -2.11. The average Bonchev–Trinajstić information content (AvgIpc) is 2.64. The van der Waals surface area contributed by atoms with Crippen LogP contribution in [0.25, 0.3) is 0 Å². The van der Waals surface area contributed by atoms with Gasteiger partial charge in [-0.15, -0.1) is 0 Å². The first-order valence-corrected chi connectivity index (χ1v) is 8.32. The van der Waals surface area contributed by atoms with E-state index in [1.807, 2.05) is 6.92 Å². The molecule has 0 aliphatic heterocycles. The Bertz CT molecular complexity index is 982. The molecule has 27 heavy (non-hydrogen) atoms. The molecule has 0 amide bonds. The maximum Gasteiger partial charge on any atom is 0.353 e. The van der Waals surface area contributed by atoms with E-state index in [1.54, 1.807) is 30.3 Å². The fraction of sp³-hybridized carbons (Fsp3) is 0.111. The number of anilines is 3. The lowest BCUT2D eigenvalue weighted by molar-refractivity contribution is -0.383. The van der Waals surface area contributed by atoms with E-state index >= 15 is 0 Å². The molecule has 0 bridgehead atoms. The number of aromatic nitrogens is 2. The lowest BCUT2D eigenvalue weighted by atomic mass is 10.2. The Balaban J connectivity index is 1.86. The van der Waals surface area contributed by atoms with Crippen molar-refractivity contribution in [3.05, 3.63) is 80.9 Å². The monoisotopic (exact) mass is 387 g/mol. The molecule has 0 atom stereocenters. The van der Waals surface area contributed by atoms with Gasteiger partial charge >= 0.3 is 5.69 Å². The highest BCUT2D eigenvalue weighted by Gasteiger charge is 2.23. The van der Waals surface area contributed by atoms with Crippen LogP contribution in [0.2, 0.25) is 5.02 Å². The van der Waals surface area contributed by atoms with Crippen molar-refractivity contribution in [1.29, 1.82) is 0 Å². The summed E-state index contributed by atoms with van der Waals surface area (Å²) < 4.78 is 13.0. The summed E-state index contributed by atoms with van der Waals surface area (Å²) >= 11 is 6.10. The van der Waals surface area contributed by atoms with Crippen LogP contribution in [0.15, 0.2) is 48.8 Å². The summed E-state index contributed by atoms with van der Waals surface area (Å²) in [5, 5.41) is 17.9. The molecule has 0 saturated carbocycles. The van der Waals surface area contributed by atoms with E-state index in [4.69, 9.17) is 11.6 Å². The smallest absolute Gasteiger partial charge is 0.353 e.